The molecule has 1 atom stereocenters. The second kappa shape index (κ2) is 6.95. The van der Waals surface area contributed by atoms with Crippen LogP contribution in [-0.4, -0.2) is 67.9 Å². The van der Waals surface area contributed by atoms with Gasteiger partial charge in [0, 0.05) is 40.2 Å². The lowest BCUT2D eigenvalue weighted by atomic mass is 10.1. The lowest BCUT2D eigenvalue weighted by molar-refractivity contribution is -0.130. The molecule has 1 N–H and O–H groups in total. The Hall–Kier alpha value is -1.15. The van der Waals surface area contributed by atoms with Crippen molar-refractivity contribution in [3.63, 3.8) is 0 Å². The molecule has 1 saturated carbocycles. The second-order valence-corrected chi connectivity index (χ2v) is 8.30. The van der Waals surface area contributed by atoms with Crippen molar-refractivity contribution in [2.75, 3.05) is 33.2 Å². The third-order valence-corrected chi connectivity index (χ3v) is 7.00. The van der Waals surface area contributed by atoms with Gasteiger partial charge in [-0.2, -0.15) is 4.31 Å². The number of hydrogen-bond acceptors (Lipinski definition) is 4. The van der Waals surface area contributed by atoms with Gasteiger partial charge in [-0.3, -0.25) is 9.59 Å². The molecule has 2 aliphatic rings. The van der Waals surface area contributed by atoms with Crippen molar-refractivity contribution in [2.45, 2.75) is 37.9 Å². The minimum absolute atomic E-state index is 0.131. The van der Waals surface area contributed by atoms with Crippen molar-refractivity contribution in [3.8, 4) is 0 Å². The Balaban J connectivity index is 2.20. The number of nitrogens with one attached hydrogen (secondary N) is 1. The van der Waals surface area contributed by atoms with E-state index >= 15 is 0 Å². The topological polar surface area (TPSA) is 86.8 Å². The Kier molecular flexibility index (Phi) is 5.44. The van der Waals surface area contributed by atoms with Gasteiger partial charge in [0.2, 0.25) is 21.8 Å². The minimum Gasteiger partial charge on any atom is -0.359 e. The van der Waals surface area contributed by atoms with E-state index in [0.717, 1.165) is 12.8 Å². The average molecular weight is 331 g/mol. The molecule has 2 rings (SSSR count). The van der Waals surface area contributed by atoms with E-state index < -0.39 is 15.9 Å². The van der Waals surface area contributed by atoms with Gasteiger partial charge < -0.3 is 10.2 Å². The third-order valence-electron chi connectivity index (χ3n) is 4.63. The van der Waals surface area contributed by atoms with Gasteiger partial charge in [-0.05, 0) is 12.8 Å². The molecule has 1 aliphatic carbocycles. The van der Waals surface area contributed by atoms with Gasteiger partial charge >= 0.3 is 0 Å². The smallest absolute Gasteiger partial charge is 0.225 e. The largest absolute Gasteiger partial charge is 0.359 e. The first-order chi connectivity index (χ1) is 10.4. The van der Waals surface area contributed by atoms with Crippen LogP contribution in [0.3, 0.4) is 0 Å². The number of carbonyl (C=O) groups is 2. The Labute approximate surface area is 132 Å². The predicted octanol–water partition coefficient (Wildman–Crippen LogP) is -0.215. The number of sulfonamides is 1. The fourth-order valence-electron chi connectivity index (χ4n) is 3.27. The molecular formula is C14H25N3O4S. The Morgan fingerprint density at radius 1 is 1.09 bits per heavy atom. The molecule has 0 aromatic rings. The van der Waals surface area contributed by atoms with Crippen molar-refractivity contribution < 1.29 is 18.0 Å². The molecule has 0 aromatic carbocycles. The molecule has 0 bridgehead atoms. The van der Waals surface area contributed by atoms with Gasteiger partial charge in [-0.15, -0.1) is 0 Å². The summed E-state index contributed by atoms with van der Waals surface area (Å²) in [5.74, 6) is -0.874. The van der Waals surface area contributed by atoms with E-state index in [0.29, 0.717) is 19.4 Å². The molecule has 8 heteroatoms. The maximum Gasteiger partial charge on any atom is 0.225 e. The molecule has 7 nitrogen and oxygen atoms in total. The maximum atomic E-state index is 12.8. The van der Waals surface area contributed by atoms with Crippen molar-refractivity contribution in [1.82, 2.24) is 14.5 Å². The zero-order valence-corrected chi connectivity index (χ0v) is 14.1. The van der Waals surface area contributed by atoms with Crippen LogP contribution >= 0.6 is 0 Å². The van der Waals surface area contributed by atoms with E-state index in [1.807, 2.05) is 0 Å². The van der Waals surface area contributed by atoms with Crippen molar-refractivity contribution in [3.05, 3.63) is 0 Å². The van der Waals surface area contributed by atoms with E-state index in [1.165, 1.54) is 18.3 Å². The van der Waals surface area contributed by atoms with E-state index in [2.05, 4.69) is 5.32 Å². The van der Waals surface area contributed by atoms with Crippen LogP contribution in [0.25, 0.3) is 0 Å². The average Bonchev–Trinajstić information content (AvgIpc) is 2.92. The second-order valence-electron chi connectivity index (χ2n) is 6.09. The van der Waals surface area contributed by atoms with Gasteiger partial charge in [0.15, 0.2) is 0 Å². The normalized spacial score (nSPS) is 25.0. The van der Waals surface area contributed by atoms with Gasteiger partial charge in [0.25, 0.3) is 0 Å². The highest BCUT2D eigenvalue weighted by molar-refractivity contribution is 7.89. The number of hydrogen-bond donors (Lipinski definition) is 1. The van der Waals surface area contributed by atoms with Gasteiger partial charge in [0.05, 0.1) is 11.2 Å². The van der Waals surface area contributed by atoms with Crippen LogP contribution < -0.4 is 5.32 Å². The predicted molar refractivity (Wildman–Crippen MR) is 82.6 cm³/mol. The number of amides is 2. The number of rotatable bonds is 3. The van der Waals surface area contributed by atoms with Crippen LogP contribution in [0.5, 0.6) is 0 Å². The molecule has 1 saturated heterocycles. The molecule has 2 fully saturated rings. The van der Waals surface area contributed by atoms with Crippen molar-refractivity contribution in [2.24, 2.45) is 5.92 Å². The molecular weight excluding hydrogens is 306 g/mol. The summed E-state index contributed by atoms with van der Waals surface area (Å²) in [4.78, 5) is 25.2. The van der Waals surface area contributed by atoms with Gasteiger partial charge in [-0.1, -0.05) is 12.8 Å². The van der Waals surface area contributed by atoms with E-state index in [9.17, 15) is 18.0 Å². The monoisotopic (exact) mass is 331 g/mol. The molecule has 0 aromatic heterocycles. The maximum absolute atomic E-state index is 12.8. The summed E-state index contributed by atoms with van der Waals surface area (Å²) >= 11 is 0. The van der Waals surface area contributed by atoms with Gasteiger partial charge in [-0.25, -0.2) is 8.42 Å². The van der Waals surface area contributed by atoms with E-state index in [1.54, 1.807) is 4.90 Å². The van der Waals surface area contributed by atoms with Crippen LogP contribution in [0.4, 0.5) is 0 Å². The van der Waals surface area contributed by atoms with Crippen LogP contribution in [0.2, 0.25) is 0 Å². The van der Waals surface area contributed by atoms with Crippen molar-refractivity contribution in [1.29, 1.82) is 0 Å². The molecule has 1 aliphatic heterocycles. The summed E-state index contributed by atoms with van der Waals surface area (Å²) < 4.78 is 27.0. The lowest BCUT2D eigenvalue weighted by Gasteiger charge is -2.25. The fraction of sp³-hybridized carbons (Fsp3) is 0.857. The van der Waals surface area contributed by atoms with E-state index in [4.69, 9.17) is 0 Å². The molecule has 1 heterocycles. The SMILES string of the molecule is CNC(=O)C1CN(C(C)=O)CCN(S(=O)(=O)C2CCCC2)C1. The van der Waals surface area contributed by atoms with Crippen LogP contribution in [-0.2, 0) is 19.6 Å². The molecule has 22 heavy (non-hydrogen) atoms. The lowest BCUT2D eigenvalue weighted by Crippen LogP contribution is -2.44. The molecule has 126 valence electrons. The molecule has 0 radical (unpaired) electrons. The standard InChI is InChI=1S/C14H25N3O4S/c1-11(18)16-7-8-17(10-12(9-16)14(19)15-2)22(20,21)13-5-3-4-6-13/h12-13H,3-10H2,1-2H3,(H,15,19). The first-order valence-corrected chi connectivity index (χ1v) is 9.32. The number of carbonyl (C=O) groups excluding carboxylic acids is 2. The minimum atomic E-state index is -3.39. The summed E-state index contributed by atoms with van der Waals surface area (Å²) in [6, 6.07) is 0. The molecule has 0 spiro atoms. The molecule has 1 unspecified atom stereocenters. The summed E-state index contributed by atoms with van der Waals surface area (Å²) in [6.07, 6.45) is 3.27. The highest BCUT2D eigenvalue weighted by atomic mass is 32.2. The van der Waals surface area contributed by atoms with Crippen LogP contribution in [0, 0.1) is 5.92 Å². The Morgan fingerprint density at radius 3 is 2.27 bits per heavy atom. The summed E-state index contributed by atoms with van der Waals surface area (Å²) in [5.41, 5.74) is 0. The Morgan fingerprint density at radius 2 is 1.73 bits per heavy atom. The Bertz CT molecular complexity index is 528. The van der Waals surface area contributed by atoms with Crippen LogP contribution in [0.15, 0.2) is 0 Å². The fourth-order valence-corrected chi connectivity index (χ4v) is 5.34. The highest BCUT2D eigenvalue weighted by Gasteiger charge is 2.38. The first-order valence-electron chi connectivity index (χ1n) is 7.82. The zero-order valence-electron chi connectivity index (χ0n) is 13.2. The summed E-state index contributed by atoms with van der Waals surface area (Å²) in [6.45, 7) is 2.48. The number of nitrogens with zero attached hydrogens (tertiary/aromatic N) is 2. The van der Waals surface area contributed by atoms with Gasteiger partial charge in [0.1, 0.15) is 0 Å². The van der Waals surface area contributed by atoms with Crippen LogP contribution in [0.1, 0.15) is 32.6 Å². The molecule has 2 amide bonds. The zero-order chi connectivity index (χ0) is 16.3. The van der Waals surface area contributed by atoms with Crippen molar-refractivity contribution >= 4 is 21.8 Å². The third kappa shape index (κ3) is 3.60. The first kappa shape index (κ1) is 17.2. The van der Waals surface area contributed by atoms with E-state index in [-0.39, 0.29) is 36.7 Å². The quantitative estimate of drug-likeness (QED) is 0.775. The summed E-state index contributed by atoms with van der Waals surface area (Å²) in [5, 5.41) is 2.23. The highest BCUT2D eigenvalue weighted by Crippen LogP contribution is 2.28. The summed E-state index contributed by atoms with van der Waals surface area (Å²) in [7, 11) is -1.86.